The number of H-pyrrole nitrogens is 1. The summed E-state index contributed by atoms with van der Waals surface area (Å²) in [5.41, 5.74) is 1.22. The predicted octanol–water partition coefficient (Wildman–Crippen LogP) is 1.85. The molecule has 1 aromatic heterocycles. The van der Waals surface area contributed by atoms with E-state index in [0.717, 1.165) is 17.3 Å². The molecule has 1 amide bonds. The quantitative estimate of drug-likeness (QED) is 0.806. The number of hydrogen-bond donors (Lipinski definition) is 2. The average Bonchev–Trinajstić information content (AvgIpc) is 2.86. The number of esters is 1. The first kappa shape index (κ1) is 13.1. The zero-order valence-electron chi connectivity index (χ0n) is 10.7. The number of fused-ring (bicyclic) bond motifs is 1. The molecule has 5 nitrogen and oxygen atoms in total. The van der Waals surface area contributed by atoms with Gasteiger partial charge in [-0.25, -0.2) is 4.79 Å². The van der Waals surface area contributed by atoms with E-state index < -0.39 is 5.97 Å². The van der Waals surface area contributed by atoms with Crippen molar-refractivity contribution in [3.05, 3.63) is 36.0 Å². The van der Waals surface area contributed by atoms with Gasteiger partial charge in [-0.15, -0.1) is 0 Å². The van der Waals surface area contributed by atoms with Crippen molar-refractivity contribution in [3.8, 4) is 0 Å². The van der Waals surface area contributed by atoms with Crippen LogP contribution in [0.1, 0.15) is 23.8 Å². The van der Waals surface area contributed by atoms with E-state index in [1.165, 1.54) is 0 Å². The maximum Gasteiger partial charge on any atom is 0.355 e. The molecule has 2 N–H and O–H groups in total. The lowest BCUT2D eigenvalue weighted by Gasteiger charge is -2.04. The van der Waals surface area contributed by atoms with Crippen LogP contribution in [0.2, 0.25) is 0 Å². The summed E-state index contributed by atoms with van der Waals surface area (Å²) in [4.78, 5) is 26.0. The van der Waals surface area contributed by atoms with E-state index in [0.29, 0.717) is 12.2 Å². The Labute approximate surface area is 110 Å². The second-order valence-corrected chi connectivity index (χ2v) is 4.20. The number of amides is 1. The van der Waals surface area contributed by atoms with Crippen LogP contribution in [0.15, 0.2) is 30.3 Å². The fraction of sp³-hybridized carbons (Fsp3) is 0.286. The summed E-state index contributed by atoms with van der Waals surface area (Å²) in [5.74, 6) is -0.811. The molecule has 0 fully saturated rings. The second kappa shape index (κ2) is 6.04. The van der Waals surface area contributed by atoms with Crippen molar-refractivity contribution >= 4 is 22.8 Å². The van der Waals surface area contributed by atoms with Gasteiger partial charge in [0.05, 0.1) is 0 Å². The molecule has 2 aromatic rings. The minimum absolute atomic E-state index is 0.256. The molecule has 0 spiro atoms. The summed E-state index contributed by atoms with van der Waals surface area (Å²) < 4.78 is 4.93. The van der Waals surface area contributed by atoms with E-state index in [1.807, 2.05) is 31.2 Å². The first-order valence-electron chi connectivity index (χ1n) is 6.22. The molecule has 1 heterocycles. The van der Waals surface area contributed by atoms with Crippen LogP contribution in [-0.4, -0.2) is 30.0 Å². The third kappa shape index (κ3) is 3.34. The number of carbonyl (C=O) groups is 2. The van der Waals surface area contributed by atoms with Gasteiger partial charge in [0.2, 0.25) is 0 Å². The lowest BCUT2D eigenvalue weighted by molar-refractivity contribution is -0.124. The van der Waals surface area contributed by atoms with E-state index in [4.69, 9.17) is 4.74 Å². The molecular weight excluding hydrogens is 244 g/mol. The van der Waals surface area contributed by atoms with Crippen LogP contribution in [0, 0.1) is 0 Å². The Hall–Kier alpha value is -2.30. The summed E-state index contributed by atoms with van der Waals surface area (Å²) in [5, 5.41) is 3.57. The van der Waals surface area contributed by atoms with E-state index in [1.54, 1.807) is 6.07 Å². The van der Waals surface area contributed by atoms with Crippen LogP contribution in [0.5, 0.6) is 0 Å². The molecule has 0 radical (unpaired) electrons. The largest absolute Gasteiger partial charge is 0.451 e. The maximum atomic E-state index is 11.8. The summed E-state index contributed by atoms with van der Waals surface area (Å²) >= 11 is 0. The van der Waals surface area contributed by atoms with Crippen LogP contribution in [0.3, 0.4) is 0 Å². The minimum Gasteiger partial charge on any atom is -0.451 e. The van der Waals surface area contributed by atoms with Crippen molar-refractivity contribution in [2.75, 3.05) is 13.2 Å². The highest BCUT2D eigenvalue weighted by Crippen LogP contribution is 2.15. The second-order valence-electron chi connectivity index (χ2n) is 4.20. The molecule has 1 aromatic carbocycles. The van der Waals surface area contributed by atoms with E-state index in [-0.39, 0.29) is 12.5 Å². The number of benzene rings is 1. The number of carbonyl (C=O) groups excluding carboxylic acids is 2. The van der Waals surface area contributed by atoms with Crippen LogP contribution < -0.4 is 5.32 Å². The van der Waals surface area contributed by atoms with Gasteiger partial charge in [0.15, 0.2) is 6.61 Å². The Kier molecular flexibility index (Phi) is 4.18. The Morgan fingerprint density at radius 3 is 2.84 bits per heavy atom. The first-order valence-corrected chi connectivity index (χ1v) is 6.22. The average molecular weight is 260 g/mol. The van der Waals surface area contributed by atoms with Crippen molar-refractivity contribution in [3.63, 3.8) is 0 Å². The SMILES string of the molecule is CCCNC(=O)COC(=O)c1cc2ccccc2[nH]1. The molecule has 0 bridgehead atoms. The molecule has 0 aliphatic heterocycles. The summed E-state index contributed by atoms with van der Waals surface area (Å²) in [6, 6.07) is 9.26. The summed E-state index contributed by atoms with van der Waals surface area (Å²) in [6.45, 7) is 2.29. The van der Waals surface area contributed by atoms with Crippen LogP contribution in [-0.2, 0) is 9.53 Å². The number of rotatable bonds is 5. The number of ether oxygens (including phenoxy) is 1. The zero-order valence-corrected chi connectivity index (χ0v) is 10.7. The Bertz CT molecular complexity index is 556. The predicted molar refractivity (Wildman–Crippen MR) is 71.9 cm³/mol. The van der Waals surface area contributed by atoms with Gasteiger partial charge in [-0.05, 0) is 18.6 Å². The molecule has 0 aliphatic rings. The van der Waals surface area contributed by atoms with Crippen molar-refractivity contribution in [2.45, 2.75) is 13.3 Å². The van der Waals surface area contributed by atoms with Gasteiger partial charge in [-0.3, -0.25) is 4.79 Å². The molecule has 0 unspecified atom stereocenters. The number of nitrogens with one attached hydrogen (secondary N) is 2. The topological polar surface area (TPSA) is 71.2 Å². The van der Waals surface area contributed by atoms with E-state index >= 15 is 0 Å². The highest BCUT2D eigenvalue weighted by molar-refractivity contribution is 5.95. The standard InChI is InChI=1S/C14H16N2O3/c1-2-7-15-13(17)9-19-14(18)12-8-10-5-3-4-6-11(10)16-12/h3-6,8,16H,2,7,9H2,1H3,(H,15,17). The molecule has 0 saturated heterocycles. The Morgan fingerprint density at radius 1 is 1.32 bits per heavy atom. The van der Waals surface area contributed by atoms with Crippen molar-refractivity contribution in [2.24, 2.45) is 0 Å². The number of para-hydroxylation sites is 1. The molecule has 0 atom stereocenters. The third-order valence-corrected chi connectivity index (χ3v) is 2.66. The summed E-state index contributed by atoms with van der Waals surface area (Å²) in [7, 11) is 0. The lowest BCUT2D eigenvalue weighted by Crippen LogP contribution is -2.29. The number of hydrogen-bond acceptors (Lipinski definition) is 3. The molecule has 2 rings (SSSR count). The van der Waals surface area contributed by atoms with Crippen LogP contribution in [0.4, 0.5) is 0 Å². The first-order chi connectivity index (χ1) is 9.20. The van der Waals surface area contributed by atoms with Gasteiger partial charge in [-0.1, -0.05) is 25.1 Å². The van der Waals surface area contributed by atoms with Gasteiger partial charge in [0, 0.05) is 17.4 Å². The normalized spacial score (nSPS) is 10.4. The summed E-state index contributed by atoms with van der Waals surface area (Å²) in [6.07, 6.45) is 0.849. The van der Waals surface area contributed by atoms with Gasteiger partial charge >= 0.3 is 5.97 Å². The molecule has 19 heavy (non-hydrogen) atoms. The van der Waals surface area contributed by atoms with Gasteiger partial charge in [0.1, 0.15) is 5.69 Å². The smallest absolute Gasteiger partial charge is 0.355 e. The highest BCUT2D eigenvalue weighted by atomic mass is 16.5. The number of aromatic nitrogens is 1. The molecule has 100 valence electrons. The number of aromatic amines is 1. The van der Waals surface area contributed by atoms with Crippen molar-refractivity contribution < 1.29 is 14.3 Å². The minimum atomic E-state index is -0.525. The maximum absolute atomic E-state index is 11.8. The molecule has 0 saturated carbocycles. The van der Waals surface area contributed by atoms with Crippen LogP contribution in [0.25, 0.3) is 10.9 Å². The van der Waals surface area contributed by atoms with Crippen molar-refractivity contribution in [1.82, 2.24) is 10.3 Å². The van der Waals surface area contributed by atoms with Crippen molar-refractivity contribution in [1.29, 1.82) is 0 Å². The Balaban J connectivity index is 1.94. The van der Waals surface area contributed by atoms with Crippen LogP contribution >= 0.6 is 0 Å². The van der Waals surface area contributed by atoms with E-state index in [2.05, 4.69) is 10.3 Å². The van der Waals surface area contributed by atoms with Gasteiger partial charge < -0.3 is 15.0 Å². The fourth-order valence-electron chi connectivity index (χ4n) is 1.71. The third-order valence-electron chi connectivity index (χ3n) is 2.66. The highest BCUT2D eigenvalue weighted by Gasteiger charge is 2.12. The Morgan fingerprint density at radius 2 is 2.11 bits per heavy atom. The zero-order chi connectivity index (χ0) is 13.7. The molecule has 5 heteroatoms. The molecule has 0 aliphatic carbocycles. The van der Waals surface area contributed by atoms with E-state index in [9.17, 15) is 9.59 Å². The molecular formula is C14H16N2O3. The van der Waals surface area contributed by atoms with Gasteiger partial charge in [-0.2, -0.15) is 0 Å². The lowest BCUT2D eigenvalue weighted by atomic mass is 10.2. The van der Waals surface area contributed by atoms with Gasteiger partial charge in [0.25, 0.3) is 5.91 Å². The monoisotopic (exact) mass is 260 g/mol. The fourth-order valence-corrected chi connectivity index (χ4v) is 1.71.